The highest BCUT2D eigenvalue weighted by Gasteiger charge is 2.20. The first kappa shape index (κ1) is 15.7. The number of anilines is 1. The summed E-state index contributed by atoms with van der Waals surface area (Å²) in [5, 5.41) is 5.98. The molecule has 6 heteroatoms. The van der Waals surface area contributed by atoms with Crippen LogP contribution in [-0.4, -0.2) is 51.8 Å². The fourth-order valence-electron chi connectivity index (χ4n) is 2.27. The number of benzene rings is 1. The van der Waals surface area contributed by atoms with Gasteiger partial charge in [-0.3, -0.25) is 4.79 Å². The number of morpholine rings is 1. The number of halogens is 1. The highest BCUT2D eigenvalue weighted by molar-refractivity contribution is 5.81. The average Bonchev–Trinajstić information content (AvgIpc) is 2.52. The molecule has 1 aromatic rings. The summed E-state index contributed by atoms with van der Waals surface area (Å²) in [5.41, 5.74) is 0.575. The zero-order valence-electron chi connectivity index (χ0n) is 12.3. The Bertz CT molecular complexity index is 464. The zero-order chi connectivity index (χ0) is 15.1. The van der Waals surface area contributed by atoms with Crippen molar-refractivity contribution in [2.24, 2.45) is 0 Å². The lowest BCUT2D eigenvalue weighted by Gasteiger charge is -2.23. The molecule has 0 bridgehead atoms. The van der Waals surface area contributed by atoms with E-state index in [-0.39, 0.29) is 17.8 Å². The number of ether oxygens (including phenoxy) is 1. The molecule has 1 aliphatic heterocycles. The van der Waals surface area contributed by atoms with Crippen molar-refractivity contribution in [1.29, 1.82) is 0 Å². The predicted molar refractivity (Wildman–Crippen MR) is 79.9 cm³/mol. The Kier molecular flexibility index (Phi) is 5.95. The minimum atomic E-state index is -0.261. The van der Waals surface area contributed by atoms with Gasteiger partial charge in [0.1, 0.15) is 11.9 Å². The molecule has 1 aliphatic rings. The van der Waals surface area contributed by atoms with Crippen molar-refractivity contribution in [2.45, 2.75) is 12.5 Å². The number of hydrogen-bond donors (Lipinski definition) is 2. The lowest BCUT2D eigenvalue weighted by Crippen LogP contribution is -2.51. The molecule has 5 nitrogen and oxygen atoms in total. The Balaban J connectivity index is 1.67. The normalized spacial score (nSPS) is 18.3. The lowest BCUT2D eigenvalue weighted by atomic mass is 10.2. The van der Waals surface area contributed by atoms with Gasteiger partial charge in [-0.25, -0.2) is 4.39 Å². The Morgan fingerprint density at radius 2 is 2.33 bits per heavy atom. The zero-order valence-corrected chi connectivity index (χ0v) is 12.3. The lowest BCUT2D eigenvalue weighted by molar-refractivity contribution is -0.125. The molecule has 2 rings (SSSR count). The Labute approximate surface area is 124 Å². The molecule has 21 heavy (non-hydrogen) atoms. The maximum atomic E-state index is 13.6. The van der Waals surface area contributed by atoms with E-state index in [1.165, 1.54) is 6.07 Å². The molecular formula is C15H22FN3O2. The number of hydrogen-bond acceptors (Lipinski definition) is 4. The molecule has 0 aromatic heterocycles. The molecular weight excluding hydrogens is 273 g/mol. The molecule has 0 saturated carbocycles. The minimum absolute atomic E-state index is 0.0387. The van der Waals surface area contributed by atoms with Gasteiger partial charge in [0, 0.05) is 26.7 Å². The first-order chi connectivity index (χ1) is 10.2. The first-order valence-electron chi connectivity index (χ1n) is 7.23. The van der Waals surface area contributed by atoms with E-state index in [2.05, 4.69) is 10.6 Å². The van der Waals surface area contributed by atoms with Crippen molar-refractivity contribution in [3.63, 3.8) is 0 Å². The third-order valence-electron chi connectivity index (χ3n) is 3.47. The molecule has 1 aromatic carbocycles. The number of nitrogens with one attached hydrogen (secondary N) is 2. The van der Waals surface area contributed by atoms with Crippen molar-refractivity contribution < 1.29 is 13.9 Å². The average molecular weight is 295 g/mol. The van der Waals surface area contributed by atoms with Crippen molar-refractivity contribution in [2.75, 3.05) is 44.8 Å². The fraction of sp³-hybridized carbons (Fsp3) is 0.533. The molecule has 0 aliphatic carbocycles. The molecule has 1 heterocycles. The summed E-state index contributed by atoms with van der Waals surface area (Å²) in [6.07, 6.45) is 0.754. The van der Waals surface area contributed by atoms with E-state index in [0.29, 0.717) is 38.5 Å². The largest absolute Gasteiger partial charge is 0.378 e. The molecule has 1 saturated heterocycles. The van der Waals surface area contributed by atoms with E-state index in [4.69, 9.17) is 4.74 Å². The van der Waals surface area contributed by atoms with Gasteiger partial charge in [-0.05, 0) is 18.6 Å². The van der Waals surface area contributed by atoms with Crippen LogP contribution in [0.2, 0.25) is 0 Å². The summed E-state index contributed by atoms with van der Waals surface area (Å²) >= 11 is 0. The first-order valence-corrected chi connectivity index (χ1v) is 7.23. The van der Waals surface area contributed by atoms with Crippen molar-refractivity contribution >= 4 is 11.6 Å². The summed E-state index contributed by atoms with van der Waals surface area (Å²) in [7, 11) is 1.84. The van der Waals surface area contributed by atoms with Crippen LogP contribution in [0.4, 0.5) is 10.1 Å². The van der Waals surface area contributed by atoms with Crippen LogP contribution in [-0.2, 0) is 9.53 Å². The highest BCUT2D eigenvalue weighted by Crippen LogP contribution is 2.16. The number of para-hydroxylation sites is 1. The molecule has 2 N–H and O–H groups in total. The molecule has 116 valence electrons. The monoisotopic (exact) mass is 295 g/mol. The maximum Gasteiger partial charge on any atom is 0.239 e. The van der Waals surface area contributed by atoms with Crippen molar-refractivity contribution in [3.05, 3.63) is 30.1 Å². The van der Waals surface area contributed by atoms with Crippen LogP contribution in [0.1, 0.15) is 6.42 Å². The highest BCUT2D eigenvalue weighted by atomic mass is 19.1. The van der Waals surface area contributed by atoms with Gasteiger partial charge >= 0.3 is 0 Å². The van der Waals surface area contributed by atoms with Crippen LogP contribution in [0.15, 0.2) is 24.3 Å². The summed E-state index contributed by atoms with van der Waals surface area (Å²) in [6.45, 7) is 3.01. The molecule has 1 fully saturated rings. The third kappa shape index (κ3) is 4.68. The summed E-state index contributed by atoms with van der Waals surface area (Å²) in [5.74, 6) is -0.268. The second-order valence-corrected chi connectivity index (χ2v) is 5.10. The Morgan fingerprint density at radius 1 is 1.52 bits per heavy atom. The van der Waals surface area contributed by atoms with Crippen molar-refractivity contribution in [1.82, 2.24) is 10.6 Å². The molecule has 1 unspecified atom stereocenters. The number of rotatable bonds is 6. The van der Waals surface area contributed by atoms with Gasteiger partial charge < -0.3 is 20.3 Å². The van der Waals surface area contributed by atoms with Crippen LogP contribution in [0, 0.1) is 5.82 Å². The molecule has 1 amide bonds. The second kappa shape index (κ2) is 7.95. The Morgan fingerprint density at radius 3 is 3.05 bits per heavy atom. The second-order valence-electron chi connectivity index (χ2n) is 5.10. The fourth-order valence-corrected chi connectivity index (χ4v) is 2.27. The van der Waals surface area contributed by atoms with Gasteiger partial charge in [0.25, 0.3) is 0 Å². The summed E-state index contributed by atoms with van der Waals surface area (Å²) < 4.78 is 18.8. The van der Waals surface area contributed by atoms with Gasteiger partial charge in [0.05, 0.1) is 18.9 Å². The van der Waals surface area contributed by atoms with Gasteiger partial charge in [0.2, 0.25) is 5.91 Å². The molecule has 0 radical (unpaired) electrons. The number of nitrogens with zero attached hydrogens (tertiary/aromatic N) is 1. The standard InChI is InChI=1S/C15H22FN3O2/c1-19(14-6-3-2-5-12(14)16)9-4-7-18-15(20)13-11-21-10-8-17-13/h2-3,5-6,13,17H,4,7-11H2,1H3,(H,18,20). The van der Waals surface area contributed by atoms with Gasteiger partial charge in [-0.15, -0.1) is 0 Å². The topological polar surface area (TPSA) is 53.6 Å². The van der Waals surface area contributed by atoms with Gasteiger partial charge in [0.15, 0.2) is 0 Å². The quantitative estimate of drug-likeness (QED) is 0.761. The van der Waals surface area contributed by atoms with E-state index in [9.17, 15) is 9.18 Å². The maximum absolute atomic E-state index is 13.6. The summed E-state index contributed by atoms with van der Waals surface area (Å²) in [4.78, 5) is 13.7. The van der Waals surface area contributed by atoms with E-state index in [0.717, 1.165) is 6.42 Å². The van der Waals surface area contributed by atoms with Crippen LogP contribution >= 0.6 is 0 Å². The molecule has 1 atom stereocenters. The number of carbonyl (C=O) groups excluding carboxylic acids is 1. The summed E-state index contributed by atoms with van der Waals surface area (Å²) in [6, 6.07) is 6.42. The van der Waals surface area contributed by atoms with Crippen LogP contribution in [0.5, 0.6) is 0 Å². The van der Waals surface area contributed by atoms with Crippen LogP contribution in [0.3, 0.4) is 0 Å². The number of amides is 1. The third-order valence-corrected chi connectivity index (χ3v) is 3.47. The SMILES string of the molecule is CN(CCCNC(=O)C1COCCN1)c1ccccc1F. The predicted octanol–water partition coefficient (Wildman–Crippen LogP) is 0.757. The van der Waals surface area contributed by atoms with E-state index in [1.54, 1.807) is 12.1 Å². The Hall–Kier alpha value is -1.66. The van der Waals surface area contributed by atoms with Gasteiger partial charge in [-0.2, -0.15) is 0 Å². The van der Waals surface area contributed by atoms with Crippen LogP contribution < -0.4 is 15.5 Å². The van der Waals surface area contributed by atoms with E-state index >= 15 is 0 Å². The number of carbonyl (C=O) groups is 1. The van der Waals surface area contributed by atoms with E-state index < -0.39 is 0 Å². The van der Waals surface area contributed by atoms with E-state index in [1.807, 2.05) is 18.0 Å². The van der Waals surface area contributed by atoms with Gasteiger partial charge in [-0.1, -0.05) is 12.1 Å². The van der Waals surface area contributed by atoms with Crippen molar-refractivity contribution in [3.8, 4) is 0 Å². The van der Waals surface area contributed by atoms with Crippen LogP contribution in [0.25, 0.3) is 0 Å². The minimum Gasteiger partial charge on any atom is -0.378 e. The molecule has 0 spiro atoms. The smallest absolute Gasteiger partial charge is 0.239 e.